The lowest BCUT2D eigenvalue weighted by atomic mass is 10.2. The van der Waals surface area contributed by atoms with Crippen molar-refractivity contribution in [3.63, 3.8) is 0 Å². The predicted octanol–water partition coefficient (Wildman–Crippen LogP) is 3.78. The molecule has 0 aliphatic rings. The highest BCUT2D eigenvalue weighted by Crippen LogP contribution is 2.25. The van der Waals surface area contributed by atoms with Crippen molar-refractivity contribution < 1.29 is 0 Å². The van der Waals surface area contributed by atoms with E-state index in [0.29, 0.717) is 0 Å². The Kier molecular flexibility index (Phi) is 3.56. The highest BCUT2D eigenvalue weighted by Gasteiger charge is 2.10. The summed E-state index contributed by atoms with van der Waals surface area (Å²) in [4.78, 5) is 9.69. The van der Waals surface area contributed by atoms with E-state index >= 15 is 0 Å². The fraction of sp³-hybridized carbons (Fsp3) is 0.273. The third-order valence-electron chi connectivity index (χ3n) is 2.29. The van der Waals surface area contributed by atoms with Gasteiger partial charge in [-0.3, -0.25) is 0 Å². The van der Waals surface area contributed by atoms with Crippen LogP contribution in [0.15, 0.2) is 28.4 Å². The van der Waals surface area contributed by atoms with Gasteiger partial charge in [0.1, 0.15) is 4.60 Å². The molecule has 1 unspecified atom stereocenters. The molecule has 0 fully saturated rings. The highest BCUT2D eigenvalue weighted by atomic mass is 79.9. The highest BCUT2D eigenvalue weighted by molar-refractivity contribution is 9.10. The van der Waals surface area contributed by atoms with Gasteiger partial charge in [-0.05, 0) is 41.9 Å². The van der Waals surface area contributed by atoms with E-state index in [1.807, 2.05) is 30.8 Å². The van der Waals surface area contributed by atoms with Gasteiger partial charge in [0.05, 0.1) is 29.1 Å². The Labute approximate surface area is 107 Å². The molecule has 0 bridgehead atoms. The Morgan fingerprint density at radius 3 is 2.75 bits per heavy atom. The van der Waals surface area contributed by atoms with Crippen molar-refractivity contribution in [3.8, 4) is 0 Å². The lowest BCUT2D eigenvalue weighted by molar-refractivity contribution is 0.888. The van der Waals surface area contributed by atoms with Crippen LogP contribution in [0.1, 0.15) is 23.5 Å². The quantitative estimate of drug-likeness (QED) is 0.876. The van der Waals surface area contributed by atoms with Gasteiger partial charge in [-0.15, -0.1) is 11.3 Å². The van der Waals surface area contributed by atoms with Crippen molar-refractivity contribution in [2.45, 2.75) is 19.9 Å². The Hall–Kier alpha value is -0.940. The van der Waals surface area contributed by atoms with Crippen molar-refractivity contribution in [2.75, 3.05) is 5.32 Å². The predicted molar refractivity (Wildman–Crippen MR) is 70.8 cm³/mol. The number of hydrogen-bond donors (Lipinski definition) is 1. The van der Waals surface area contributed by atoms with Crippen molar-refractivity contribution in [2.24, 2.45) is 0 Å². The molecule has 1 N–H and O–H groups in total. The van der Waals surface area contributed by atoms with E-state index in [4.69, 9.17) is 0 Å². The molecule has 16 heavy (non-hydrogen) atoms. The molecule has 3 nitrogen and oxygen atoms in total. The summed E-state index contributed by atoms with van der Waals surface area (Å²) in [6.45, 7) is 4.16. The molecule has 0 saturated carbocycles. The van der Waals surface area contributed by atoms with E-state index in [-0.39, 0.29) is 6.04 Å². The molecule has 2 aromatic heterocycles. The van der Waals surface area contributed by atoms with Crippen LogP contribution in [-0.4, -0.2) is 9.97 Å². The summed E-state index contributed by atoms with van der Waals surface area (Å²) in [5.74, 6) is 0. The maximum atomic E-state index is 4.25. The maximum absolute atomic E-state index is 4.25. The maximum Gasteiger partial charge on any atom is 0.106 e. The van der Waals surface area contributed by atoms with Crippen LogP contribution in [-0.2, 0) is 0 Å². The summed E-state index contributed by atoms with van der Waals surface area (Å²) >= 11 is 4.99. The monoisotopic (exact) mass is 297 g/mol. The number of hydrogen-bond acceptors (Lipinski definition) is 4. The first kappa shape index (κ1) is 11.5. The molecule has 84 valence electrons. The van der Waals surface area contributed by atoms with Crippen LogP contribution >= 0.6 is 27.3 Å². The minimum Gasteiger partial charge on any atom is -0.376 e. The zero-order valence-electron chi connectivity index (χ0n) is 9.07. The zero-order chi connectivity index (χ0) is 11.5. The largest absolute Gasteiger partial charge is 0.376 e. The van der Waals surface area contributed by atoms with Crippen molar-refractivity contribution in [3.05, 3.63) is 39.0 Å². The standard InChI is InChI=1S/C11H12BrN3S/c1-7-11(16-6-14-7)8(2)15-9-3-4-10(12)13-5-9/h3-6,8,15H,1-2H3. The number of pyridine rings is 1. The van der Waals surface area contributed by atoms with Gasteiger partial charge in [0.25, 0.3) is 0 Å². The smallest absolute Gasteiger partial charge is 0.106 e. The molecule has 0 aliphatic carbocycles. The number of nitrogens with zero attached hydrogens (tertiary/aromatic N) is 2. The van der Waals surface area contributed by atoms with Gasteiger partial charge < -0.3 is 5.32 Å². The summed E-state index contributed by atoms with van der Waals surface area (Å²) in [7, 11) is 0. The van der Waals surface area contributed by atoms with Crippen LogP contribution in [0.5, 0.6) is 0 Å². The third-order valence-corrected chi connectivity index (χ3v) is 3.87. The van der Waals surface area contributed by atoms with Crippen LogP contribution < -0.4 is 5.32 Å². The molecule has 0 saturated heterocycles. The van der Waals surface area contributed by atoms with E-state index in [1.165, 1.54) is 4.88 Å². The molecule has 0 amide bonds. The van der Waals surface area contributed by atoms with Crippen LogP contribution in [0.3, 0.4) is 0 Å². The molecule has 5 heteroatoms. The van der Waals surface area contributed by atoms with E-state index < -0.39 is 0 Å². The van der Waals surface area contributed by atoms with Gasteiger partial charge in [-0.1, -0.05) is 0 Å². The molecule has 0 aliphatic heterocycles. The van der Waals surface area contributed by atoms with Crippen LogP contribution in [0.4, 0.5) is 5.69 Å². The average Bonchev–Trinajstić information content (AvgIpc) is 2.68. The van der Waals surface area contributed by atoms with E-state index in [2.05, 4.69) is 38.1 Å². The minimum atomic E-state index is 0.260. The fourth-order valence-electron chi connectivity index (χ4n) is 1.50. The first-order valence-electron chi connectivity index (χ1n) is 4.95. The molecule has 1 atom stereocenters. The topological polar surface area (TPSA) is 37.8 Å². The average molecular weight is 298 g/mol. The number of anilines is 1. The van der Waals surface area contributed by atoms with Crippen LogP contribution in [0.25, 0.3) is 0 Å². The molecular weight excluding hydrogens is 286 g/mol. The summed E-state index contributed by atoms with van der Waals surface area (Å²) < 4.78 is 0.847. The SMILES string of the molecule is Cc1ncsc1C(C)Nc1ccc(Br)nc1. The first-order chi connectivity index (χ1) is 7.66. The molecule has 0 spiro atoms. The Morgan fingerprint density at radius 1 is 1.38 bits per heavy atom. The second kappa shape index (κ2) is 4.93. The van der Waals surface area contributed by atoms with E-state index in [9.17, 15) is 0 Å². The summed E-state index contributed by atoms with van der Waals surface area (Å²) in [6.07, 6.45) is 1.82. The molecule has 0 aromatic carbocycles. The summed E-state index contributed by atoms with van der Waals surface area (Å²) in [6, 6.07) is 4.19. The van der Waals surface area contributed by atoms with Gasteiger partial charge in [0, 0.05) is 4.88 Å². The fourth-order valence-corrected chi connectivity index (χ4v) is 2.55. The third kappa shape index (κ3) is 2.59. The Bertz CT molecular complexity index is 466. The molecular formula is C11H12BrN3S. The normalized spacial score (nSPS) is 12.4. The lowest BCUT2D eigenvalue weighted by Crippen LogP contribution is -2.06. The van der Waals surface area contributed by atoms with Crippen molar-refractivity contribution >= 4 is 33.0 Å². The number of nitrogens with one attached hydrogen (secondary N) is 1. The molecule has 0 radical (unpaired) electrons. The van der Waals surface area contributed by atoms with Gasteiger partial charge in [0.2, 0.25) is 0 Å². The van der Waals surface area contributed by atoms with Gasteiger partial charge in [0.15, 0.2) is 0 Å². The minimum absolute atomic E-state index is 0.260. The van der Waals surface area contributed by atoms with Crippen molar-refractivity contribution in [1.29, 1.82) is 0 Å². The molecule has 2 aromatic rings. The van der Waals surface area contributed by atoms with Crippen LogP contribution in [0.2, 0.25) is 0 Å². The van der Waals surface area contributed by atoms with Crippen molar-refractivity contribution in [1.82, 2.24) is 9.97 Å². The molecule has 2 rings (SSSR count). The number of aromatic nitrogens is 2. The van der Waals surface area contributed by atoms with E-state index in [0.717, 1.165) is 16.0 Å². The van der Waals surface area contributed by atoms with Gasteiger partial charge in [-0.2, -0.15) is 0 Å². The second-order valence-electron chi connectivity index (χ2n) is 3.54. The molecule has 2 heterocycles. The number of rotatable bonds is 3. The summed E-state index contributed by atoms with van der Waals surface area (Å²) in [5.41, 5.74) is 3.99. The number of halogens is 1. The Balaban J connectivity index is 2.10. The van der Waals surface area contributed by atoms with Crippen LogP contribution in [0, 0.1) is 6.92 Å². The first-order valence-corrected chi connectivity index (χ1v) is 6.62. The number of aryl methyl sites for hydroxylation is 1. The van der Waals surface area contributed by atoms with Gasteiger partial charge in [-0.25, -0.2) is 9.97 Å². The van der Waals surface area contributed by atoms with Gasteiger partial charge >= 0.3 is 0 Å². The summed E-state index contributed by atoms with van der Waals surface area (Å²) in [5, 5.41) is 3.40. The number of thiazole rings is 1. The zero-order valence-corrected chi connectivity index (χ0v) is 11.5. The second-order valence-corrected chi connectivity index (χ2v) is 5.24. The lowest BCUT2D eigenvalue weighted by Gasteiger charge is -2.13. The van der Waals surface area contributed by atoms with E-state index in [1.54, 1.807) is 11.3 Å². The Morgan fingerprint density at radius 2 is 2.19 bits per heavy atom.